The molecular formula is C20H23F3N2O3. The molecule has 1 amide bonds. The molecule has 2 N–H and O–H groups in total. The van der Waals surface area contributed by atoms with Gasteiger partial charge in [-0.25, -0.2) is 0 Å². The van der Waals surface area contributed by atoms with Gasteiger partial charge in [-0.1, -0.05) is 19.1 Å². The lowest BCUT2D eigenvalue weighted by atomic mass is 10.1. The Morgan fingerprint density at radius 2 is 1.71 bits per heavy atom. The number of para-hydroxylation sites is 2. The number of rotatable bonds is 9. The number of halogens is 3. The standard InChI is InChI=1S/C20H23F3N2O3/c1-3-11-28-17-10-9-14(12-18(17)27-4-2)19(26)25-16-8-6-5-7-15(16)24-13-20(21,22)23/h5-10,12,24H,3-4,11,13H2,1-2H3,(H,25,26). The van der Waals surface area contributed by atoms with Crippen molar-refractivity contribution in [3.63, 3.8) is 0 Å². The number of benzene rings is 2. The number of alkyl halides is 3. The molecule has 0 aromatic heterocycles. The average molecular weight is 396 g/mol. The first kappa shape index (κ1) is 21.4. The van der Waals surface area contributed by atoms with Gasteiger partial charge in [0.15, 0.2) is 11.5 Å². The fourth-order valence-electron chi connectivity index (χ4n) is 2.39. The van der Waals surface area contributed by atoms with Crippen LogP contribution < -0.4 is 20.1 Å². The molecule has 28 heavy (non-hydrogen) atoms. The molecule has 0 radical (unpaired) electrons. The molecule has 0 aliphatic rings. The number of hydrogen-bond donors (Lipinski definition) is 2. The van der Waals surface area contributed by atoms with E-state index < -0.39 is 18.6 Å². The minimum Gasteiger partial charge on any atom is -0.490 e. The Morgan fingerprint density at radius 1 is 1.00 bits per heavy atom. The molecular weight excluding hydrogens is 373 g/mol. The van der Waals surface area contributed by atoms with E-state index in [0.717, 1.165) is 6.42 Å². The zero-order valence-electron chi connectivity index (χ0n) is 15.7. The number of hydrogen-bond acceptors (Lipinski definition) is 4. The Balaban J connectivity index is 2.17. The molecule has 0 aliphatic heterocycles. The quantitative estimate of drug-likeness (QED) is 0.619. The van der Waals surface area contributed by atoms with Crippen molar-refractivity contribution in [2.45, 2.75) is 26.4 Å². The number of carbonyl (C=O) groups is 1. The second-order valence-electron chi connectivity index (χ2n) is 5.91. The van der Waals surface area contributed by atoms with Gasteiger partial charge in [0.25, 0.3) is 5.91 Å². The Hall–Kier alpha value is -2.90. The van der Waals surface area contributed by atoms with Crippen LogP contribution in [-0.4, -0.2) is 31.8 Å². The van der Waals surface area contributed by atoms with Gasteiger partial charge >= 0.3 is 6.18 Å². The third-order valence-corrected chi connectivity index (χ3v) is 3.62. The van der Waals surface area contributed by atoms with Crippen LogP contribution in [0.25, 0.3) is 0 Å². The zero-order valence-corrected chi connectivity index (χ0v) is 15.7. The summed E-state index contributed by atoms with van der Waals surface area (Å²) in [5.74, 6) is 0.504. The van der Waals surface area contributed by atoms with Crippen molar-refractivity contribution < 1.29 is 27.4 Å². The molecule has 2 aromatic rings. The molecule has 152 valence electrons. The predicted molar refractivity (Wildman–Crippen MR) is 102 cm³/mol. The largest absolute Gasteiger partial charge is 0.490 e. The molecule has 0 bridgehead atoms. The van der Waals surface area contributed by atoms with E-state index in [2.05, 4.69) is 10.6 Å². The van der Waals surface area contributed by atoms with E-state index in [1.54, 1.807) is 30.3 Å². The maximum atomic E-state index is 12.6. The highest BCUT2D eigenvalue weighted by Crippen LogP contribution is 2.30. The molecule has 5 nitrogen and oxygen atoms in total. The lowest BCUT2D eigenvalue weighted by Crippen LogP contribution is -2.22. The van der Waals surface area contributed by atoms with Crippen molar-refractivity contribution in [2.24, 2.45) is 0 Å². The molecule has 2 aromatic carbocycles. The van der Waals surface area contributed by atoms with E-state index >= 15 is 0 Å². The summed E-state index contributed by atoms with van der Waals surface area (Å²) in [5, 5.41) is 4.92. The van der Waals surface area contributed by atoms with Gasteiger partial charge in [0.05, 0.1) is 24.6 Å². The topological polar surface area (TPSA) is 59.6 Å². The van der Waals surface area contributed by atoms with Crippen LogP contribution in [0.5, 0.6) is 11.5 Å². The van der Waals surface area contributed by atoms with Gasteiger partial charge in [0, 0.05) is 5.56 Å². The summed E-state index contributed by atoms with van der Waals surface area (Å²) in [6.07, 6.45) is -3.53. The lowest BCUT2D eigenvalue weighted by molar-refractivity contribution is -0.115. The van der Waals surface area contributed by atoms with Gasteiger partial charge < -0.3 is 20.1 Å². The highest BCUT2D eigenvalue weighted by Gasteiger charge is 2.27. The summed E-state index contributed by atoms with van der Waals surface area (Å²) in [4.78, 5) is 12.6. The Kier molecular flexibility index (Phi) is 7.54. The first-order chi connectivity index (χ1) is 13.3. The molecule has 0 unspecified atom stereocenters. The molecule has 0 saturated heterocycles. The second-order valence-corrected chi connectivity index (χ2v) is 5.91. The summed E-state index contributed by atoms with van der Waals surface area (Å²) in [5.41, 5.74) is 0.736. The zero-order chi connectivity index (χ0) is 20.6. The number of anilines is 2. The molecule has 2 rings (SSSR count). The van der Waals surface area contributed by atoms with Crippen LogP contribution in [-0.2, 0) is 0 Å². The molecule has 0 fully saturated rings. The van der Waals surface area contributed by atoms with Crippen LogP contribution >= 0.6 is 0 Å². The van der Waals surface area contributed by atoms with Gasteiger partial charge in [0.1, 0.15) is 6.54 Å². The van der Waals surface area contributed by atoms with Crippen molar-refractivity contribution in [3.8, 4) is 11.5 Å². The molecule has 0 spiro atoms. The summed E-state index contributed by atoms with van der Waals surface area (Å²) >= 11 is 0. The molecule has 0 atom stereocenters. The van der Waals surface area contributed by atoms with Gasteiger partial charge in [-0.2, -0.15) is 13.2 Å². The highest BCUT2D eigenvalue weighted by molar-refractivity contribution is 6.06. The van der Waals surface area contributed by atoms with Gasteiger partial charge in [-0.15, -0.1) is 0 Å². The summed E-state index contributed by atoms with van der Waals surface area (Å²) in [6.45, 7) is 3.52. The SMILES string of the molecule is CCCOc1ccc(C(=O)Nc2ccccc2NCC(F)(F)F)cc1OCC. The van der Waals surface area contributed by atoms with E-state index in [1.807, 2.05) is 13.8 Å². The third kappa shape index (κ3) is 6.37. The summed E-state index contributed by atoms with van der Waals surface area (Å²) in [7, 11) is 0. The minimum atomic E-state index is -4.36. The van der Waals surface area contributed by atoms with Crippen LogP contribution in [0.1, 0.15) is 30.6 Å². The highest BCUT2D eigenvalue weighted by atomic mass is 19.4. The van der Waals surface area contributed by atoms with E-state index in [1.165, 1.54) is 12.1 Å². The van der Waals surface area contributed by atoms with Crippen molar-refractivity contribution >= 4 is 17.3 Å². The second kappa shape index (κ2) is 9.87. The first-order valence-electron chi connectivity index (χ1n) is 8.94. The van der Waals surface area contributed by atoms with Crippen LogP contribution in [0.2, 0.25) is 0 Å². The molecule has 8 heteroatoms. The maximum Gasteiger partial charge on any atom is 0.405 e. The van der Waals surface area contributed by atoms with Gasteiger partial charge in [-0.3, -0.25) is 4.79 Å². The molecule has 0 saturated carbocycles. The van der Waals surface area contributed by atoms with E-state index in [0.29, 0.717) is 30.3 Å². The fraction of sp³-hybridized carbons (Fsp3) is 0.350. The fourth-order valence-corrected chi connectivity index (χ4v) is 2.39. The number of amides is 1. The Labute approximate surface area is 161 Å². The predicted octanol–water partition coefficient (Wildman–Crippen LogP) is 5.10. The van der Waals surface area contributed by atoms with Crippen LogP contribution in [0.4, 0.5) is 24.5 Å². The number of ether oxygens (including phenoxy) is 2. The average Bonchev–Trinajstić information content (AvgIpc) is 2.66. The van der Waals surface area contributed by atoms with Gasteiger partial charge in [0.2, 0.25) is 0 Å². The van der Waals surface area contributed by atoms with E-state index in [4.69, 9.17) is 9.47 Å². The van der Waals surface area contributed by atoms with Gasteiger partial charge in [-0.05, 0) is 43.7 Å². The maximum absolute atomic E-state index is 12.6. The molecule has 0 heterocycles. The van der Waals surface area contributed by atoms with Crippen molar-refractivity contribution in [2.75, 3.05) is 30.4 Å². The number of carbonyl (C=O) groups excluding carboxylic acids is 1. The van der Waals surface area contributed by atoms with Crippen molar-refractivity contribution in [1.29, 1.82) is 0 Å². The summed E-state index contributed by atoms with van der Waals surface area (Å²) < 4.78 is 48.5. The normalized spacial score (nSPS) is 11.0. The van der Waals surface area contributed by atoms with Crippen LogP contribution in [0.15, 0.2) is 42.5 Å². The Morgan fingerprint density at radius 3 is 2.36 bits per heavy atom. The lowest BCUT2D eigenvalue weighted by Gasteiger charge is -2.15. The Bertz CT molecular complexity index is 795. The smallest absolute Gasteiger partial charge is 0.405 e. The summed E-state index contributed by atoms with van der Waals surface area (Å²) in [6, 6.07) is 11.0. The van der Waals surface area contributed by atoms with Crippen molar-refractivity contribution in [3.05, 3.63) is 48.0 Å². The van der Waals surface area contributed by atoms with Crippen LogP contribution in [0.3, 0.4) is 0 Å². The molecule has 0 aliphatic carbocycles. The number of nitrogens with one attached hydrogen (secondary N) is 2. The van der Waals surface area contributed by atoms with Crippen molar-refractivity contribution in [1.82, 2.24) is 0 Å². The first-order valence-corrected chi connectivity index (χ1v) is 8.94. The van der Waals surface area contributed by atoms with Crippen LogP contribution in [0, 0.1) is 0 Å². The minimum absolute atomic E-state index is 0.182. The van der Waals surface area contributed by atoms with E-state index in [9.17, 15) is 18.0 Å². The van der Waals surface area contributed by atoms with E-state index in [-0.39, 0.29) is 11.4 Å². The monoisotopic (exact) mass is 396 g/mol. The third-order valence-electron chi connectivity index (χ3n) is 3.62.